The predicted molar refractivity (Wildman–Crippen MR) is 103 cm³/mol. The summed E-state index contributed by atoms with van der Waals surface area (Å²) < 4.78 is 13.6. The van der Waals surface area contributed by atoms with Crippen LogP contribution in [-0.2, 0) is 0 Å². The average Bonchev–Trinajstić information content (AvgIpc) is 2.63. The molecule has 0 aromatic heterocycles. The Balaban J connectivity index is 2.08. The number of allylic oxidation sites excluding steroid dienone is 8. The number of nitrogens with one attached hydrogen (secondary N) is 1. The van der Waals surface area contributed by atoms with E-state index in [2.05, 4.69) is 46.8 Å². The molecule has 0 atom stereocenters. The van der Waals surface area contributed by atoms with Gasteiger partial charge in [0.1, 0.15) is 5.82 Å². The van der Waals surface area contributed by atoms with Crippen LogP contribution in [0.1, 0.15) is 18.1 Å². The molecule has 0 saturated carbocycles. The number of hydrogen-bond donors (Lipinski definition) is 1. The molecule has 0 aliphatic carbocycles. The van der Waals surface area contributed by atoms with Gasteiger partial charge in [0, 0.05) is 36.8 Å². The van der Waals surface area contributed by atoms with E-state index in [1.807, 2.05) is 38.3 Å². The summed E-state index contributed by atoms with van der Waals surface area (Å²) in [6, 6.07) is 5.26. The zero-order valence-electron chi connectivity index (χ0n) is 14.9. The fraction of sp³-hybridized carbons (Fsp3) is 0.182. The summed E-state index contributed by atoms with van der Waals surface area (Å²) in [7, 11) is 2.03. The number of likely N-dealkylation sites (N-methyl/N-ethyl adjacent to an activating group) is 1. The number of rotatable bonds is 3. The van der Waals surface area contributed by atoms with Crippen LogP contribution in [0.15, 0.2) is 83.8 Å². The van der Waals surface area contributed by atoms with Crippen molar-refractivity contribution in [1.82, 2.24) is 10.2 Å². The third kappa shape index (κ3) is 3.66. The van der Waals surface area contributed by atoms with Gasteiger partial charge in [-0.25, -0.2) is 4.39 Å². The first-order valence-electron chi connectivity index (χ1n) is 8.47. The third-order valence-corrected chi connectivity index (χ3v) is 4.36. The zero-order chi connectivity index (χ0) is 17.8. The third-order valence-electron chi connectivity index (χ3n) is 4.36. The van der Waals surface area contributed by atoms with Crippen LogP contribution in [0, 0.1) is 12.7 Å². The van der Waals surface area contributed by atoms with Gasteiger partial charge in [-0.2, -0.15) is 0 Å². The van der Waals surface area contributed by atoms with Gasteiger partial charge in [-0.15, -0.1) is 0 Å². The molecule has 0 spiro atoms. The van der Waals surface area contributed by atoms with E-state index in [-0.39, 0.29) is 5.82 Å². The van der Waals surface area contributed by atoms with E-state index >= 15 is 0 Å². The Morgan fingerprint density at radius 3 is 2.84 bits per heavy atom. The number of aryl methyl sites for hydroxylation is 1. The Morgan fingerprint density at radius 1 is 1.24 bits per heavy atom. The first kappa shape index (κ1) is 17.0. The Bertz CT molecular complexity index is 851. The second-order valence-corrected chi connectivity index (χ2v) is 6.18. The van der Waals surface area contributed by atoms with E-state index in [9.17, 15) is 4.39 Å². The minimum absolute atomic E-state index is 0.174. The molecule has 2 nitrogen and oxygen atoms in total. The molecule has 1 aromatic rings. The Labute approximate surface area is 149 Å². The summed E-state index contributed by atoms with van der Waals surface area (Å²) in [5, 5.41) is 3.45. The van der Waals surface area contributed by atoms with Crippen LogP contribution >= 0.6 is 0 Å². The van der Waals surface area contributed by atoms with Crippen LogP contribution in [0.5, 0.6) is 0 Å². The molecule has 3 heteroatoms. The lowest BCUT2D eigenvalue weighted by atomic mass is 9.94. The van der Waals surface area contributed by atoms with Crippen molar-refractivity contribution in [1.29, 1.82) is 0 Å². The lowest BCUT2D eigenvalue weighted by Gasteiger charge is -2.25. The monoisotopic (exact) mass is 334 g/mol. The number of dihydropyridines is 1. The highest BCUT2D eigenvalue weighted by atomic mass is 19.1. The van der Waals surface area contributed by atoms with Gasteiger partial charge in [-0.1, -0.05) is 24.3 Å². The fourth-order valence-corrected chi connectivity index (χ4v) is 2.93. The summed E-state index contributed by atoms with van der Waals surface area (Å²) >= 11 is 0. The summed E-state index contributed by atoms with van der Waals surface area (Å²) in [6.45, 7) is 4.57. The van der Waals surface area contributed by atoms with E-state index in [0.717, 1.165) is 34.6 Å². The first-order chi connectivity index (χ1) is 12.1. The Morgan fingerprint density at radius 2 is 2.08 bits per heavy atom. The maximum Gasteiger partial charge on any atom is 0.126 e. The molecule has 2 aliphatic heterocycles. The Hall–Kier alpha value is -2.81. The second kappa shape index (κ2) is 7.39. The van der Waals surface area contributed by atoms with Gasteiger partial charge in [0.05, 0.1) is 0 Å². The lowest BCUT2D eigenvalue weighted by molar-refractivity contribution is 0.582. The molecular weight excluding hydrogens is 311 g/mol. The maximum absolute atomic E-state index is 13.6. The molecule has 2 aliphatic rings. The van der Waals surface area contributed by atoms with Crippen molar-refractivity contribution in [2.45, 2.75) is 13.8 Å². The summed E-state index contributed by atoms with van der Waals surface area (Å²) in [5.74, 6) is -0.174. The molecule has 25 heavy (non-hydrogen) atoms. The van der Waals surface area contributed by atoms with Crippen molar-refractivity contribution in [3.63, 3.8) is 0 Å². The standard InChI is InChI=1S/C22H23FN2/c1-4-5-7-19-15-17(11-13-25(19)3)20-8-6-12-24-22(20)18-9-10-21(23)16(2)14-18/h4-11,13-15,24H,12H2,1-3H3/b5-4?,19-7-. The molecule has 0 amide bonds. The van der Waals surface area contributed by atoms with Gasteiger partial charge in [0.2, 0.25) is 0 Å². The lowest BCUT2D eigenvalue weighted by Crippen LogP contribution is -2.19. The van der Waals surface area contributed by atoms with Gasteiger partial charge >= 0.3 is 0 Å². The maximum atomic E-state index is 13.6. The van der Waals surface area contributed by atoms with Crippen LogP contribution in [0.25, 0.3) is 5.70 Å². The molecule has 128 valence electrons. The number of halogens is 1. The fourth-order valence-electron chi connectivity index (χ4n) is 2.93. The normalized spacial score (nSPS) is 19.0. The molecular formula is C22H23FN2. The highest BCUT2D eigenvalue weighted by Crippen LogP contribution is 2.30. The van der Waals surface area contributed by atoms with Gasteiger partial charge in [0.15, 0.2) is 0 Å². The van der Waals surface area contributed by atoms with Gasteiger partial charge in [-0.05, 0) is 67.0 Å². The van der Waals surface area contributed by atoms with Gasteiger partial charge < -0.3 is 10.2 Å². The molecule has 2 heterocycles. The minimum Gasteiger partial charge on any atom is -0.381 e. The Kier molecular flexibility index (Phi) is 5.03. The molecule has 1 N–H and O–H groups in total. The predicted octanol–water partition coefficient (Wildman–Crippen LogP) is 4.85. The topological polar surface area (TPSA) is 15.3 Å². The van der Waals surface area contributed by atoms with Crippen LogP contribution in [0.3, 0.4) is 0 Å². The molecule has 0 unspecified atom stereocenters. The van der Waals surface area contributed by atoms with Crippen molar-refractivity contribution in [2.24, 2.45) is 0 Å². The van der Waals surface area contributed by atoms with Crippen LogP contribution in [0.2, 0.25) is 0 Å². The molecule has 0 radical (unpaired) electrons. The smallest absolute Gasteiger partial charge is 0.126 e. The van der Waals surface area contributed by atoms with E-state index in [4.69, 9.17) is 0 Å². The van der Waals surface area contributed by atoms with Crippen LogP contribution in [-0.4, -0.2) is 18.5 Å². The van der Waals surface area contributed by atoms with Crippen molar-refractivity contribution in [3.8, 4) is 0 Å². The summed E-state index contributed by atoms with van der Waals surface area (Å²) in [6.07, 6.45) is 16.7. The number of nitrogens with zero attached hydrogens (tertiary/aromatic N) is 1. The second-order valence-electron chi connectivity index (χ2n) is 6.18. The first-order valence-corrected chi connectivity index (χ1v) is 8.47. The molecule has 0 saturated heterocycles. The highest BCUT2D eigenvalue weighted by Gasteiger charge is 2.16. The van der Waals surface area contributed by atoms with Crippen LogP contribution in [0.4, 0.5) is 4.39 Å². The number of benzene rings is 1. The molecule has 3 rings (SSSR count). The minimum atomic E-state index is -0.174. The quantitative estimate of drug-likeness (QED) is 0.850. The molecule has 0 bridgehead atoms. The largest absolute Gasteiger partial charge is 0.381 e. The van der Waals surface area contributed by atoms with E-state index in [1.165, 1.54) is 6.07 Å². The van der Waals surface area contributed by atoms with Gasteiger partial charge in [0.25, 0.3) is 0 Å². The summed E-state index contributed by atoms with van der Waals surface area (Å²) in [4.78, 5) is 2.09. The molecule has 0 fully saturated rings. The average molecular weight is 334 g/mol. The van der Waals surface area contributed by atoms with E-state index in [1.54, 1.807) is 6.92 Å². The SMILES string of the molecule is CC=C/C=C1/C=C(C2=C(c3ccc(F)c(C)c3)NCC=C2)C=CN1C. The zero-order valence-corrected chi connectivity index (χ0v) is 14.9. The van der Waals surface area contributed by atoms with Crippen molar-refractivity contribution in [3.05, 3.63) is 101 Å². The van der Waals surface area contributed by atoms with Crippen molar-refractivity contribution in [2.75, 3.05) is 13.6 Å². The van der Waals surface area contributed by atoms with Crippen LogP contribution < -0.4 is 5.32 Å². The van der Waals surface area contributed by atoms with Crippen molar-refractivity contribution < 1.29 is 4.39 Å². The number of hydrogen-bond acceptors (Lipinski definition) is 2. The van der Waals surface area contributed by atoms with Gasteiger partial charge in [-0.3, -0.25) is 0 Å². The highest BCUT2D eigenvalue weighted by molar-refractivity contribution is 5.77. The summed E-state index contributed by atoms with van der Waals surface area (Å²) in [5.41, 5.74) is 6.07. The molecule has 1 aromatic carbocycles. The van der Waals surface area contributed by atoms with Crippen molar-refractivity contribution >= 4 is 5.70 Å². The van der Waals surface area contributed by atoms with E-state index < -0.39 is 0 Å². The van der Waals surface area contributed by atoms with E-state index in [0.29, 0.717) is 5.56 Å².